The van der Waals surface area contributed by atoms with Crippen LogP contribution in [0.15, 0.2) is 48.5 Å². The van der Waals surface area contributed by atoms with Gasteiger partial charge in [-0.15, -0.1) is 0 Å². The molecule has 0 aromatic heterocycles. The molecule has 88 valence electrons. The number of ether oxygens (including phenoxy) is 2. The van der Waals surface area contributed by atoms with E-state index in [1.54, 1.807) is 14.2 Å². The number of hydrogen-bond donors (Lipinski definition) is 0. The van der Waals surface area contributed by atoms with Gasteiger partial charge in [0.15, 0.2) is 0 Å². The van der Waals surface area contributed by atoms with Gasteiger partial charge in [0.2, 0.25) is 0 Å². The molecule has 0 aliphatic heterocycles. The third-order valence-electron chi connectivity index (χ3n) is 2.34. The molecule has 3 heteroatoms. The van der Waals surface area contributed by atoms with Gasteiger partial charge in [-0.2, -0.15) is 0 Å². The van der Waals surface area contributed by atoms with Gasteiger partial charge in [-0.3, -0.25) is 0 Å². The first-order chi connectivity index (χ1) is 8.33. The first-order valence-electron chi connectivity index (χ1n) is 5.28. The number of benzene rings is 2. The van der Waals surface area contributed by atoms with Crippen molar-refractivity contribution in [1.29, 1.82) is 0 Å². The SMILES string of the molecule is COc1ccc([Se]c2ccccc2)c(OC)c1. The van der Waals surface area contributed by atoms with E-state index in [-0.39, 0.29) is 15.0 Å². The zero-order valence-corrected chi connectivity index (χ0v) is 11.6. The minimum absolute atomic E-state index is 0.263. The maximum atomic E-state index is 5.40. The zero-order valence-electron chi connectivity index (χ0n) is 9.84. The average molecular weight is 293 g/mol. The molecule has 0 aliphatic carbocycles. The second-order valence-electron chi connectivity index (χ2n) is 3.43. The quantitative estimate of drug-likeness (QED) is 0.793. The second-order valence-corrected chi connectivity index (χ2v) is 5.77. The van der Waals surface area contributed by atoms with Crippen LogP contribution < -0.4 is 18.4 Å². The fraction of sp³-hybridized carbons (Fsp3) is 0.143. The first kappa shape index (κ1) is 12.0. The Bertz CT molecular complexity index is 483. The topological polar surface area (TPSA) is 18.5 Å². The minimum atomic E-state index is 0.263. The van der Waals surface area contributed by atoms with Gasteiger partial charge in [0.1, 0.15) is 0 Å². The third-order valence-corrected chi connectivity index (χ3v) is 4.58. The molecule has 2 aromatic carbocycles. The van der Waals surface area contributed by atoms with E-state index in [4.69, 9.17) is 9.47 Å². The van der Waals surface area contributed by atoms with Crippen molar-refractivity contribution in [2.45, 2.75) is 0 Å². The molecule has 2 nitrogen and oxygen atoms in total. The van der Waals surface area contributed by atoms with Gasteiger partial charge >= 0.3 is 108 Å². The monoisotopic (exact) mass is 294 g/mol. The van der Waals surface area contributed by atoms with E-state index in [2.05, 4.69) is 30.3 Å². The summed E-state index contributed by atoms with van der Waals surface area (Å²) in [5.74, 6) is 1.72. The van der Waals surface area contributed by atoms with Crippen LogP contribution in [-0.2, 0) is 0 Å². The Hall–Kier alpha value is -1.44. The number of hydrogen-bond acceptors (Lipinski definition) is 2. The Labute approximate surface area is 108 Å². The fourth-order valence-corrected chi connectivity index (χ4v) is 3.42. The van der Waals surface area contributed by atoms with Crippen LogP contribution in [0.2, 0.25) is 0 Å². The van der Waals surface area contributed by atoms with Crippen molar-refractivity contribution in [3.63, 3.8) is 0 Å². The van der Waals surface area contributed by atoms with Crippen LogP contribution in [0.1, 0.15) is 0 Å². The van der Waals surface area contributed by atoms with Gasteiger partial charge in [0.05, 0.1) is 0 Å². The summed E-state index contributed by atoms with van der Waals surface area (Å²) in [6, 6.07) is 16.4. The summed E-state index contributed by atoms with van der Waals surface area (Å²) in [5.41, 5.74) is 0. The van der Waals surface area contributed by atoms with Gasteiger partial charge in [0.25, 0.3) is 0 Å². The summed E-state index contributed by atoms with van der Waals surface area (Å²) in [7, 11) is 3.36. The van der Waals surface area contributed by atoms with Crippen LogP contribution >= 0.6 is 0 Å². The Kier molecular flexibility index (Phi) is 4.07. The van der Waals surface area contributed by atoms with E-state index in [0.717, 1.165) is 11.5 Å². The summed E-state index contributed by atoms with van der Waals surface area (Å²) in [5, 5.41) is 0. The molecule has 0 radical (unpaired) electrons. The van der Waals surface area contributed by atoms with Gasteiger partial charge in [0, 0.05) is 0 Å². The molecule has 17 heavy (non-hydrogen) atoms. The Balaban J connectivity index is 2.26. The summed E-state index contributed by atoms with van der Waals surface area (Å²) in [6.07, 6.45) is 0. The molecule has 2 rings (SSSR count). The molecule has 0 unspecified atom stereocenters. The molecule has 0 saturated heterocycles. The van der Waals surface area contributed by atoms with E-state index in [1.807, 2.05) is 18.2 Å². The summed E-state index contributed by atoms with van der Waals surface area (Å²) < 4.78 is 13.1. The normalized spacial score (nSPS) is 10.0. The van der Waals surface area contributed by atoms with Crippen molar-refractivity contribution in [1.82, 2.24) is 0 Å². The molecule has 0 aliphatic rings. The third kappa shape index (κ3) is 3.02. The molecule has 2 aromatic rings. The maximum absolute atomic E-state index is 5.40. The molecule has 0 fully saturated rings. The van der Waals surface area contributed by atoms with E-state index in [9.17, 15) is 0 Å². The van der Waals surface area contributed by atoms with Crippen molar-refractivity contribution in [3.8, 4) is 11.5 Å². The van der Waals surface area contributed by atoms with Crippen LogP contribution in [0.3, 0.4) is 0 Å². The van der Waals surface area contributed by atoms with Crippen molar-refractivity contribution in [2.24, 2.45) is 0 Å². The van der Waals surface area contributed by atoms with Crippen LogP contribution in [-0.4, -0.2) is 29.2 Å². The van der Waals surface area contributed by atoms with Gasteiger partial charge < -0.3 is 0 Å². The molecular formula is C14H14O2Se. The molecule has 0 saturated carbocycles. The molecule has 0 amide bonds. The van der Waals surface area contributed by atoms with E-state index in [0.29, 0.717) is 0 Å². The van der Waals surface area contributed by atoms with Gasteiger partial charge in [-0.05, 0) is 0 Å². The predicted octanol–water partition coefficient (Wildman–Crippen LogP) is 1.36. The standard InChI is InChI=1S/C14H14O2Se/c1-15-11-8-9-14(13(10-11)16-2)17-12-6-4-3-5-7-12/h3-10H,1-2H3. The van der Waals surface area contributed by atoms with E-state index in [1.165, 1.54) is 8.92 Å². The van der Waals surface area contributed by atoms with Crippen molar-refractivity contribution >= 4 is 23.9 Å². The van der Waals surface area contributed by atoms with Crippen LogP contribution in [0, 0.1) is 0 Å². The average Bonchev–Trinajstić information content (AvgIpc) is 2.40. The summed E-state index contributed by atoms with van der Waals surface area (Å²) in [6.45, 7) is 0. The van der Waals surface area contributed by atoms with Crippen LogP contribution in [0.25, 0.3) is 0 Å². The molecule has 0 atom stereocenters. The zero-order chi connectivity index (χ0) is 12.1. The molecule has 0 spiro atoms. The number of methoxy groups -OCH3 is 2. The Morgan fingerprint density at radius 2 is 1.65 bits per heavy atom. The summed E-state index contributed by atoms with van der Waals surface area (Å²) in [4.78, 5) is 0. The fourth-order valence-electron chi connectivity index (χ4n) is 1.47. The summed E-state index contributed by atoms with van der Waals surface area (Å²) >= 11 is 0.263. The molecule has 0 bridgehead atoms. The van der Waals surface area contributed by atoms with Gasteiger partial charge in [-0.25, -0.2) is 0 Å². The molecule has 0 N–H and O–H groups in total. The second kappa shape index (κ2) is 5.76. The first-order valence-corrected chi connectivity index (χ1v) is 6.99. The number of rotatable bonds is 4. The van der Waals surface area contributed by atoms with Crippen molar-refractivity contribution in [2.75, 3.05) is 14.2 Å². The van der Waals surface area contributed by atoms with E-state index >= 15 is 0 Å². The van der Waals surface area contributed by atoms with Crippen LogP contribution in [0.5, 0.6) is 11.5 Å². The molecular weight excluding hydrogens is 279 g/mol. The van der Waals surface area contributed by atoms with Gasteiger partial charge in [-0.1, -0.05) is 0 Å². The van der Waals surface area contributed by atoms with E-state index < -0.39 is 0 Å². The Morgan fingerprint density at radius 1 is 0.882 bits per heavy atom. The van der Waals surface area contributed by atoms with Crippen LogP contribution in [0.4, 0.5) is 0 Å². The molecule has 0 heterocycles. The Morgan fingerprint density at radius 3 is 2.29 bits per heavy atom. The van der Waals surface area contributed by atoms with Crippen molar-refractivity contribution < 1.29 is 9.47 Å². The van der Waals surface area contributed by atoms with Crippen molar-refractivity contribution in [3.05, 3.63) is 48.5 Å². The predicted molar refractivity (Wildman–Crippen MR) is 71.0 cm³/mol.